The Morgan fingerprint density at radius 1 is 1.20 bits per heavy atom. The van der Waals surface area contributed by atoms with Gasteiger partial charge < -0.3 is 5.11 Å². The topological polar surface area (TPSA) is 23.5 Å². The van der Waals surface area contributed by atoms with Crippen molar-refractivity contribution in [3.8, 4) is 0 Å². The van der Waals surface area contributed by atoms with Crippen LogP contribution in [0.2, 0.25) is 0 Å². The maximum absolute atomic E-state index is 10.5. The normalized spacial score (nSPS) is 22.0. The van der Waals surface area contributed by atoms with E-state index < -0.39 is 5.60 Å². The van der Waals surface area contributed by atoms with Crippen molar-refractivity contribution in [3.05, 3.63) is 0 Å². The first kappa shape index (κ1) is 13.0. The predicted octanol–water partition coefficient (Wildman–Crippen LogP) is 2.80. The van der Waals surface area contributed by atoms with Gasteiger partial charge in [0.05, 0.1) is 5.60 Å². The van der Waals surface area contributed by atoms with E-state index in [0.29, 0.717) is 0 Å². The lowest BCUT2D eigenvalue weighted by Gasteiger charge is -2.42. The average Bonchev–Trinajstić information content (AvgIpc) is 2.18. The molecule has 1 fully saturated rings. The van der Waals surface area contributed by atoms with Gasteiger partial charge in [0.25, 0.3) is 0 Å². The van der Waals surface area contributed by atoms with Crippen molar-refractivity contribution in [1.82, 2.24) is 4.90 Å². The highest BCUT2D eigenvalue weighted by Gasteiger charge is 2.33. The van der Waals surface area contributed by atoms with Gasteiger partial charge in [-0.1, -0.05) is 26.2 Å². The third-order valence-electron chi connectivity index (χ3n) is 4.21. The summed E-state index contributed by atoms with van der Waals surface area (Å²) >= 11 is 0. The monoisotopic (exact) mass is 213 g/mol. The molecule has 1 saturated carbocycles. The average molecular weight is 213 g/mol. The van der Waals surface area contributed by atoms with Crippen LogP contribution in [0.3, 0.4) is 0 Å². The van der Waals surface area contributed by atoms with Gasteiger partial charge in [0.1, 0.15) is 0 Å². The zero-order chi connectivity index (χ0) is 11.5. The van der Waals surface area contributed by atoms with E-state index in [1.165, 1.54) is 19.3 Å². The van der Waals surface area contributed by atoms with Crippen molar-refractivity contribution in [2.24, 2.45) is 0 Å². The van der Waals surface area contributed by atoms with E-state index >= 15 is 0 Å². The molecule has 1 aliphatic carbocycles. The molecule has 0 aromatic rings. The highest BCUT2D eigenvalue weighted by atomic mass is 16.3. The summed E-state index contributed by atoms with van der Waals surface area (Å²) in [6.45, 7) is 7.54. The third-order valence-corrected chi connectivity index (χ3v) is 4.21. The van der Waals surface area contributed by atoms with E-state index in [1.807, 2.05) is 0 Å². The van der Waals surface area contributed by atoms with Crippen LogP contribution >= 0.6 is 0 Å². The Morgan fingerprint density at radius 3 is 2.20 bits per heavy atom. The lowest BCUT2D eigenvalue weighted by atomic mass is 9.83. The second-order valence-electron chi connectivity index (χ2n) is 5.81. The van der Waals surface area contributed by atoms with Crippen LogP contribution in [-0.2, 0) is 0 Å². The molecule has 0 heterocycles. The summed E-state index contributed by atoms with van der Waals surface area (Å²) in [7, 11) is 2.13. The fourth-order valence-electron chi connectivity index (χ4n) is 2.29. The number of aliphatic hydroxyl groups is 1. The van der Waals surface area contributed by atoms with Crippen molar-refractivity contribution < 1.29 is 5.11 Å². The Labute approximate surface area is 94.7 Å². The quantitative estimate of drug-likeness (QED) is 0.776. The largest absolute Gasteiger partial charge is 0.389 e. The van der Waals surface area contributed by atoms with Gasteiger partial charge in [0, 0.05) is 12.1 Å². The Kier molecular flexibility index (Phi) is 4.19. The lowest BCUT2D eigenvalue weighted by Crippen LogP contribution is -2.50. The SMILES string of the molecule is CCC(C)(C)N(C)CC1(O)CCCCC1. The molecule has 2 heteroatoms. The fraction of sp³-hybridized carbons (Fsp3) is 1.00. The molecule has 0 amide bonds. The van der Waals surface area contributed by atoms with E-state index in [2.05, 4.69) is 32.7 Å². The molecule has 2 nitrogen and oxygen atoms in total. The molecule has 0 spiro atoms. The van der Waals surface area contributed by atoms with Crippen LogP contribution in [0.15, 0.2) is 0 Å². The summed E-state index contributed by atoms with van der Waals surface area (Å²) in [5.74, 6) is 0. The molecule has 0 atom stereocenters. The summed E-state index contributed by atoms with van der Waals surface area (Å²) < 4.78 is 0. The van der Waals surface area contributed by atoms with Crippen molar-refractivity contribution >= 4 is 0 Å². The standard InChI is InChI=1S/C13H27NO/c1-5-12(2,3)14(4)11-13(15)9-7-6-8-10-13/h15H,5-11H2,1-4H3. The molecule has 1 rings (SSSR count). The molecule has 1 aliphatic rings. The van der Waals surface area contributed by atoms with Crippen molar-refractivity contribution in [1.29, 1.82) is 0 Å². The van der Waals surface area contributed by atoms with Gasteiger partial charge in [0.2, 0.25) is 0 Å². The smallest absolute Gasteiger partial charge is 0.0774 e. The van der Waals surface area contributed by atoms with Gasteiger partial charge in [0.15, 0.2) is 0 Å². The number of nitrogens with zero attached hydrogens (tertiary/aromatic N) is 1. The van der Waals surface area contributed by atoms with Crippen LogP contribution in [0.5, 0.6) is 0 Å². The molecule has 0 radical (unpaired) electrons. The zero-order valence-electron chi connectivity index (χ0n) is 10.8. The van der Waals surface area contributed by atoms with E-state index in [4.69, 9.17) is 0 Å². The van der Waals surface area contributed by atoms with E-state index in [-0.39, 0.29) is 5.54 Å². The third kappa shape index (κ3) is 3.46. The minimum Gasteiger partial charge on any atom is -0.389 e. The first-order chi connectivity index (χ1) is 6.90. The summed E-state index contributed by atoms with van der Waals surface area (Å²) in [4.78, 5) is 2.32. The molecule has 90 valence electrons. The van der Waals surface area contributed by atoms with Crippen LogP contribution in [0, 0.1) is 0 Å². The Morgan fingerprint density at radius 2 is 1.73 bits per heavy atom. The van der Waals surface area contributed by atoms with Crippen LogP contribution in [0.25, 0.3) is 0 Å². The Balaban J connectivity index is 2.52. The van der Waals surface area contributed by atoms with Crippen LogP contribution in [-0.4, -0.2) is 34.7 Å². The summed E-state index contributed by atoms with van der Waals surface area (Å²) in [6, 6.07) is 0. The molecule has 0 aromatic carbocycles. The molecule has 0 saturated heterocycles. The second-order valence-corrected chi connectivity index (χ2v) is 5.81. The highest BCUT2D eigenvalue weighted by Crippen LogP contribution is 2.30. The van der Waals surface area contributed by atoms with Gasteiger partial charge in [-0.05, 0) is 40.2 Å². The van der Waals surface area contributed by atoms with Gasteiger partial charge in [-0.25, -0.2) is 0 Å². The van der Waals surface area contributed by atoms with Crippen LogP contribution in [0.4, 0.5) is 0 Å². The Bertz CT molecular complexity index is 195. The minimum atomic E-state index is -0.417. The van der Waals surface area contributed by atoms with Crippen molar-refractivity contribution in [3.63, 3.8) is 0 Å². The molecule has 0 aromatic heterocycles. The number of likely N-dealkylation sites (N-methyl/N-ethyl adjacent to an activating group) is 1. The second kappa shape index (κ2) is 4.84. The van der Waals surface area contributed by atoms with Crippen molar-refractivity contribution in [2.45, 2.75) is 70.4 Å². The number of rotatable bonds is 4. The van der Waals surface area contributed by atoms with Crippen LogP contribution < -0.4 is 0 Å². The van der Waals surface area contributed by atoms with Gasteiger partial charge in [-0.3, -0.25) is 4.90 Å². The van der Waals surface area contributed by atoms with Gasteiger partial charge in [-0.15, -0.1) is 0 Å². The summed E-state index contributed by atoms with van der Waals surface area (Å²) in [5.41, 5.74) is -0.216. The maximum atomic E-state index is 10.5. The first-order valence-electron chi connectivity index (χ1n) is 6.33. The molecule has 0 aliphatic heterocycles. The number of hydrogen-bond donors (Lipinski definition) is 1. The molecular formula is C13H27NO. The highest BCUT2D eigenvalue weighted by molar-refractivity contribution is 4.89. The molecule has 15 heavy (non-hydrogen) atoms. The molecular weight excluding hydrogens is 186 g/mol. The first-order valence-corrected chi connectivity index (χ1v) is 6.33. The van der Waals surface area contributed by atoms with E-state index in [1.54, 1.807) is 0 Å². The van der Waals surface area contributed by atoms with E-state index in [0.717, 1.165) is 25.8 Å². The fourth-order valence-corrected chi connectivity index (χ4v) is 2.29. The number of hydrogen-bond acceptors (Lipinski definition) is 2. The van der Waals surface area contributed by atoms with Crippen LogP contribution in [0.1, 0.15) is 59.3 Å². The molecule has 0 unspecified atom stereocenters. The zero-order valence-corrected chi connectivity index (χ0v) is 10.8. The summed E-state index contributed by atoms with van der Waals surface area (Å²) in [6.07, 6.45) is 6.77. The predicted molar refractivity (Wildman–Crippen MR) is 65.0 cm³/mol. The number of β-amino-alcohol motifs (C(OH)–C–C–N with tert-alkyl or cyclic N) is 1. The minimum absolute atomic E-state index is 0.202. The molecule has 0 bridgehead atoms. The maximum Gasteiger partial charge on any atom is 0.0774 e. The van der Waals surface area contributed by atoms with Crippen molar-refractivity contribution in [2.75, 3.05) is 13.6 Å². The van der Waals surface area contributed by atoms with Gasteiger partial charge in [-0.2, -0.15) is 0 Å². The summed E-state index contributed by atoms with van der Waals surface area (Å²) in [5, 5.41) is 10.5. The van der Waals surface area contributed by atoms with E-state index in [9.17, 15) is 5.11 Å². The Hall–Kier alpha value is -0.0800. The lowest BCUT2D eigenvalue weighted by molar-refractivity contribution is -0.0415. The molecule has 1 N–H and O–H groups in total. The van der Waals surface area contributed by atoms with Gasteiger partial charge >= 0.3 is 0 Å².